The molecule has 120 valence electrons. The first-order valence-corrected chi connectivity index (χ1v) is 8.26. The van der Waals surface area contributed by atoms with Gasteiger partial charge in [-0.15, -0.1) is 4.91 Å². The van der Waals surface area contributed by atoms with Crippen LogP contribution in [-0.2, 0) is 9.63 Å². The van der Waals surface area contributed by atoms with Crippen LogP contribution >= 0.6 is 15.9 Å². The van der Waals surface area contributed by atoms with Crippen molar-refractivity contribution < 1.29 is 14.7 Å². The lowest BCUT2D eigenvalue weighted by Crippen LogP contribution is -2.11. The summed E-state index contributed by atoms with van der Waals surface area (Å²) in [5.74, 6) is -0.761. The summed E-state index contributed by atoms with van der Waals surface area (Å²) in [6.45, 7) is 6.09. The molecular formula is C14H28BrNO4. The maximum atomic E-state index is 10.2. The minimum atomic E-state index is -0.761. The SMILES string of the molecule is CCCCC(Br)C(=O)O.CCCCCCC(C)ON=O. The highest BCUT2D eigenvalue weighted by atomic mass is 79.9. The Labute approximate surface area is 130 Å². The maximum absolute atomic E-state index is 10.2. The van der Waals surface area contributed by atoms with Gasteiger partial charge < -0.3 is 9.94 Å². The van der Waals surface area contributed by atoms with E-state index in [1.165, 1.54) is 19.3 Å². The first kappa shape index (κ1) is 21.6. The third kappa shape index (κ3) is 17.4. The molecule has 20 heavy (non-hydrogen) atoms. The van der Waals surface area contributed by atoms with E-state index in [0.29, 0.717) is 0 Å². The molecule has 0 fully saturated rings. The van der Waals surface area contributed by atoms with Crippen molar-refractivity contribution in [2.45, 2.75) is 83.1 Å². The molecule has 0 rings (SSSR count). The number of halogens is 1. The second kappa shape index (κ2) is 16.4. The molecule has 2 unspecified atom stereocenters. The second-order valence-electron chi connectivity index (χ2n) is 4.79. The Morgan fingerprint density at radius 2 is 1.75 bits per heavy atom. The lowest BCUT2D eigenvalue weighted by Gasteiger charge is -2.05. The predicted octanol–water partition coefficient (Wildman–Crippen LogP) is 5.07. The fourth-order valence-electron chi connectivity index (χ4n) is 1.49. The van der Waals surface area contributed by atoms with Crippen molar-refractivity contribution >= 4 is 21.9 Å². The summed E-state index contributed by atoms with van der Waals surface area (Å²) in [6, 6.07) is 0. The van der Waals surface area contributed by atoms with Gasteiger partial charge in [-0.25, -0.2) is 0 Å². The highest BCUT2D eigenvalue weighted by molar-refractivity contribution is 9.10. The minimum absolute atomic E-state index is 0.00986. The molecule has 0 saturated carbocycles. The number of carboxylic acid groups (broad SMARTS) is 1. The second-order valence-corrected chi connectivity index (χ2v) is 5.89. The number of unbranched alkanes of at least 4 members (excludes halogenated alkanes) is 4. The van der Waals surface area contributed by atoms with Gasteiger partial charge in [0.05, 0.1) is 0 Å². The van der Waals surface area contributed by atoms with E-state index >= 15 is 0 Å². The summed E-state index contributed by atoms with van der Waals surface area (Å²) in [7, 11) is 0. The van der Waals surface area contributed by atoms with Crippen LogP contribution in [-0.4, -0.2) is 22.0 Å². The van der Waals surface area contributed by atoms with Crippen LogP contribution in [0.5, 0.6) is 0 Å². The molecule has 1 N–H and O–H groups in total. The summed E-state index contributed by atoms with van der Waals surface area (Å²) in [4.78, 5) is 23.9. The van der Waals surface area contributed by atoms with Crippen molar-refractivity contribution in [3.05, 3.63) is 4.91 Å². The first-order valence-electron chi connectivity index (χ1n) is 7.34. The zero-order valence-corrected chi connectivity index (χ0v) is 14.4. The van der Waals surface area contributed by atoms with Gasteiger partial charge in [0, 0.05) is 0 Å². The van der Waals surface area contributed by atoms with Crippen molar-refractivity contribution in [2.24, 2.45) is 5.34 Å². The largest absolute Gasteiger partial charge is 0.480 e. The van der Waals surface area contributed by atoms with Crippen molar-refractivity contribution in [1.82, 2.24) is 0 Å². The molecule has 6 heteroatoms. The Morgan fingerprint density at radius 1 is 1.15 bits per heavy atom. The highest BCUT2D eigenvalue weighted by Crippen LogP contribution is 2.09. The summed E-state index contributed by atoms with van der Waals surface area (Å²) in [5.41, 5.74) is 0. The number of carboxylic acids is 1. The van der Waals surface area contributed by atoms with Gasteiger partial charge >= 0.3 is 5.97 Å². The fourth-order valence-corrected chi connectivity index (χ4v) is 1.82. The molecular weight excluding hydrogens is 326 g/mol. The Balaban J connectivity index is 0. The van der Waals surface area contributed by atoms with Crippen LogP contribution in [0.25, 0.3) is 0 Å². The number of hydrogen-bond acceptors (Lipinski definition) is 4. The molecule has 2 atom stereocenters. The van der Waals surface area contributed by atoms with E-state index in [1.807, 2.05) is 13.8 Å². The van der Waals surface area contributed by atoms with Crippen molar-refractivity contribution in [3.8, 4) is 0 Å². The van der Waals surface area contributed by atoms with E-state index in [1.54, 1.807) is 0 Å². The van der Waals surface area contributed by atoms with Gasteiger partial charge in [0.15, 0.2) is 5.34 Å². The average Bonchev–Trinajstić information content (AvgIpc) is 2.42. The number of aliphatic carboxylic acids is 1. The monoisotopic (exact) mass is 353 g/mol. The Morgan fingerprint density at radius 3 is 2.20 bits per heavy atom. The van der Waals surface area contributed by atoms with Gasteiger partial charge in [-0.1, -0.05) is 61.9 Å². The van der Waals surface area contributed by atoms with E-state index in [9.17, 15) is 9.70 Å². The molecule has 0 radical (unpaired) electrons. The molecule has 0 heterocycles. The quantitative estimate of drug-likeness (QED) is 0.243. The van der Waals surface area contributed by atoms with Crippen LogP contribution in [0.3, 0.4) is 0 Å². The normalized spacial score (nSPS) is 12.8. The zero-order valence-electron chi connectivity index (χ0n) is 12.8. The topological polar surface area (TPSA) is 76.0 Å². The average molecular weight is 354 g/mol. The van der Waals surface area contributed by atoms with Gasteiger partial charge in [-0.05, 0) is 26.2 Å². The molecule has 0 aliphatic carbocycles. The van der Waals surface area contributed by atoms with Crippen molar-refractivity contribution in [1.29, 1.82) is 0 Å². The van der Waals surface area contributed by atoms with Gasteiger partial charge in [0.1, 0.15) is 10.9 Å². The fraction of sp³-hybridized carbons (Fsp3) is 0.929. The van der Waals surface area contributed by atoms with Gasteiger partial charge in [0.2, 0.25) is 0 Å². The van der Waals surface area contributed by atoms with E-state index in [2.05, 4.69) is 33.0 Å². The predicted molar refractivity (Wildman–Crippen MR) is 85.0 cm³/mol. The number of alkyl halides is 1. The smallest absolute Gasteiger partial charge is 0.317 e. The summed E-state index contributed by atoms with van der Waals surface area (Å²) in [6.07, 6.45) is 8.54. The zero-order chi connectivity index (χ0) is 15.8. The molecule has 0 bridgehead atoms. The Kier molecular flexibility index (Phi) is 17.8. The minimum Gasteiger partial charge on any atom is -0.480 e. The van der Waals surface area contributed by atoms with Gasteiger partial charge in [0.25, 0.3) is 0 Å². The van der Waals surface area contributed by atoms with Crippen LogP contribution in [0.15, 0.2) is 5.34 Å². The van der Waals surface area contributed by atoms with Crippen molar-refractivity contribution in [3.63, 3.8) is 0 Å². The van der Waals surface area contributed by atoms with E-state index in [4.69, 9.17) is 5.11 Å². The highest BCUT2D eigenvalue weighted by Gasteiger charge is 2.10. The van der Waals surface area contributed by atoms with Crippen LogP contribution in [0.2, 0.25) is 0 Å². The van der Waals surface area contributed by atoms with Crippen LogP contribution in [0.4, 0.5) is 0 Å². The van der Waals surface area contributed by atoms with E-state index in [-0.39, 0.29) is 10.9 Å². The molecule has 0 aromatic heterocycles. The standard InChI is InChI=1S/C8H17NO2.C6H11BrO2/c1-3-4-5-6-7-8(2)11-9-10;1-2-3-4-5(7)6(8)9/h8H,3-7H2,1-2H3;5H,2-4H2,1H3,(H,8,9). The van der Waals surface area contributed by atoms with E-state index < -0.39 is 5.97 Å². The molecule has 0 aromatic rings. The Hall–Kier alpha value is -0.650. The first-order chi connectivity index (χ1) is 9.49. The van der Waals surface area contributed by atoms with E-state index in [0.717, 1.165) is 32.1 Å². The molecule has 0 spiro atoms. The molecule has 0 amide bonds. The number of hydrogen-bond donors (Lipinski definition) is 1. The third-order valence-electron chi connectivity index (χ3n) is 2.77. The molecule has 0 aliphatic heterocycles. The van der Waals surface area contributed by atoms with Gasteiger partial charge in [-0.2, -0.15) is 0 Å². The lowest BCUT2D eigenvalue weighted by molar-refractivity contribution is -0.136. The number of nitrogens with zero attached hydrogens (tertiary/aromatic N) is 1. The number of carbonyl (C=O) groups is 1. The Bertz CT molecular complexity index is 239. The van der Waals surface area contributed by atoms with Crippen molar-refractivity contribution in [2.75, 3.05) is 0 Å². The summed E-state index contributed by atoms with van der Waals surface area (Å²) in [5, 5.41) is 10.7. The molecule has 0 aromatic carbocycles. The molecule has 0 saturated heterocycles. The molecule has 0 aliphatic rings. The summed E-state index contributed by atoms with van der Waals surface area (Å²) >= 11 is 3.04. The molecule has 5 nitrogen and oxygen atoms in total. The summed E-state index contributed by atoms with van der Waals surface area (Å²) < 4.78 is 0. The maximum Gasteiger partial charge on any atom is 0.317 e. The van der Waals surface area contributed by atoms with Gasteiger partial charge in [-0.3, -0.25) is 4.79 Å². The van der Waals surface area contributed by atoms with Crippen LogP contribution < -0.4 is 0 Å². The third-order valence-corrected chi connectivity index (χ3v) is 3.62. The number of rotatable bonds is 11. The van der Waals surface area contributed by atoms with Crippen LogP contribution in [0.1, 0.15) is 72.1 Å². The van der Waals surface area contributed by atoms with Crippen LogP contribution in [0, 0.1) is 4.91 Å². The lowest BCUT2D eigenvalue weighted by atomic mass is 10.1.